The molecule has 0 atom stereocenters. The number of rotatable bonds is 3. The first-order valence-corrected chi connectivity index (χ1v) is 6.26. The lowest BCUT2D eigenvalue weighted by atomic mass is 10.1. The molecule has 0 aromatic heterocycles. The average molecular weight is 306 g/mol. The van der Waals surface area contributed by atoms with Gasteiger partial charge in [-0.05, 0) is 42.0 Å². The van der Waals surface area contributed by atoms with Crippen LogP contribution in [0, 0.1) is 0 Å². The SMILES string of the molecule is O=C(Cc1ccc(O)cc1)Nc1ccc(Br)cc1. The van der Waals surface area contributed by atoms with Gasteiger partial charge in [0.1, 0.15) is 5.75 Å². The molecule has 4 heteroatoms. The number of carbonyl (C=O) groups excluding carboxylic acids is 1. The maximum absolute atomic E-state index is 11.8. The van der Waals surface area contributed by atoms with Crippen LogP contribution in [0.1, 0.15) is 5.56 Å². The Bertz CT molecular complexity index is 485. The molecule has 0 radical (unpaired) electrons. The predicted molar refractivity (Wildman–Crippen MR) is 74.6 cm³/mol. The van der Waals surface area contributed by atoms with Crippen molar-refractivity contribution >= 4 is 27.5 Å². The Morgan fingerprint density at radius 1 is 1.06 bits per heavy atom. The first kappa shape index (κ1) is 12.6. The Morgan fingerprint density at radius 2 is 1.67 bits per heavy atom. The first-order valence-electron chi connectivity index (χ1n) is 5.47. The van der Waals surface area contributed by atoms with E-state index in [1.165, 1.54) is 0 Å². The second-order valence-electron chi connectivity index (χ2n) is 3.90. The molecule has 3 nitrogen and oxygen atoms in total. The summed E-state index contributed by atoms with van der Waals surface area (Å²) < 4.78 is 0.971. The molecule has 18 heavy (non-hydrogen) atoms. The van der Waals surface area contributed by atoms with Crippen molar-refractivity contribution in [2.75, 3.05) is 5.32 Å². The first-order chi connectivity index (χ1) is 8.63. The molecule has 0 unspecified atom stereocenters. The number of hydrogen-bond acceptors (Lipinski definition) is 2. The molecule has 2 rings (SSSR count). The van der Waals surface area contributed by atoms with Gasteiger partial charge in [0.05, 0.1) is 6.42 Å². The molecule has 0 bridgehead atoms. The zero-order valence-corrected chi connectivity index (χ0v) is 11.1. The minimum atomic E-state index is -0.0805. The molecule has 0 heterocycles. The van der Waals surface area contributed by atoms with Crippen LogP contribution in [0.3, 0.4) is 0 Å². The number of carbonyl (C=O) groups is 1. The highest BCUT2D eigenvalue weighted by molar-refractivity contribution is 9.10. The Kier molecular flexibility index (Phi) is 3.99. The monoisotopic (exact) mass is 305 g/mol. The van der Waals surface area contributed by atoms with Crippen molar-refractivity contribution in [2.45, 2.75) is 6.42 Å². The van der Waals surface area contributed by atoms with Gasteiger partial charge in [0, 0.05) is 10.2 Å². The fourth-order valence-electron chi connectivity index (χ4n) is 1.54. The van der Waals surface area contributed by atoms with Crippen LogP contribution in [-0.4, -0.2) is 11.0 Å². The Labute approximate surface area is 114 Å². The number of phenolic OH excluding ortho intramolecular Hbond substituents is 1. The number of anilines is 1. The Balaban J connectivity index is 1.96. The smallest absolute Gasteiger partial charge is 0.228 e. The molecule has 0 saturated carbocycles. The van der Waals surface area contributed by atoms with Crippen molar-refractivity contribution in [3.63, 3.8) is 0 Å². The van der Waals surface area contributed by atoms with Crippen molar-refractivity contribution in [3.8, 4) is 5.75 Å². The van der Waals surface area contributed by atoms with E-state index in [2.05, 4.69) is 21.2 Å². The summed E-state index contributed by atoms with van der Waals surface area (Å²) in [6, 6.07) is 14.0. The van der Waals surface area contributed by atoms with E-state index < -0.39 is 0 Å². The van der Waals surface area contributed by atoms with Crippen LogP contribution in [-0.2, 0) is 11.2 Å². The van der Waals surface area contributed by atoms with Crippen molar-refractivity contribution in [3.05, 3.63) is 58.6 Å². The Hall–Kier alpha value is -1.81. The molecule has 2 aromatic carbocycles. The number of benzene rings is 2. The number of aromatic hydroxyl groups is 1. The standard InChI is InChI=1S/C14H12BrNO2/c15-11-3-5-12(6-4-11)16-14(18)9-10-1-7-13(17)8-2-10/h1-8,17H,9H2,(H,16,18). The number of amides is 1. The molecule has 0 aliphatic rings. The topological polar surface area (TPSA) is 49.3 Å². The van der Waals surface area contributed by atoms with Crippen molar-refractivity contribution in [2.24, 2.45) is 0 Å². The van der Waals surface area contributed by atoms with Crippen LogP contribution in [0.25, 0.3) is 0 Å². The van der Waals surface area contributed by atoms with Crippen LogP contribution >= 0.6 is 15.9 Å². The molecule has 0 aliphatic carbocycles. The third-order valence-corrected chi connectivity index (χ3v) is 2.96. The minimum absolute atomic E-state index is 0.0805. The van der Waals surface area contributed by atoms with Gasteiger partial charge >= 0.3 is 0 Å². The van der Waals surface area contributed by atoms with Gasteiger partial charge in [0.15, 0.2) is 0 Å². The van der Waals surface area contributed by atoms with Gasteiger partial charge in [0.2, 0.25) is 5.91 Å². The summed E-state index contributed by atoms with van der Waals surface area (Å²) in [5, 5.41) is 12.0. The van der Waals surface area contributed by atoms with Crippen molar-refractivity contribution < 1.29 is 9.90 Å². The van der Waals surface area contributed by atoms with Gasteiger partial charge < -0.3 is 10.4 Å². The summed E-state index contributed by atoms with van der Waals surface area (Å²) >= 11 is 3.34. The summed E-state index contributed by atoms with van der Waals surface area (Å²) in [5.41, 5.74) is 1.63. The molecule has 0 spiro atoms. The van der Waals surface area contributed by atoms with E-state index in [0.717, 1.165) is 15.7 Å². The van der Waals surface area contributed by atoms with Gasteiger partial charge in [-0.1, -0.05) is 28.1 Å². The molecule has 2 aromatic rings. The average Bonchev–Trinajstić information content (AvgIpc) is 2.35. The fraction of sp³-hybridized carbons (Fsp3) is 0.0714. The molecular formula is C14H12BrNO2. The van der Waals surface area contributed by atoms with E-state index in [9.17, 15) is 4.79 Å². The largest absolute Gasteiger partial charge is 0.508 e. The normalized spacial score (nSPS) is 10.1. The predicted octanol–water partition coefficient (Wildman–Crippen LogP) is 3.34. The molecule has 92 valence electrons. The van der Waals surface area contributed by atoms with Gasteiger partial charge in [-0.25, -0.2) is 0 Å². The second kappa shape index (κ2) is 5.69. The van der Waals surface area contributed by atoms with Crippen LogP contribution in [0.15, 0.2) is 53.0 Å². The zero-order valence-electron chi connectivity index (χ0n) is 9.56. The minimum Gasteiger partial charge on any atom is -0.508 e. The fourth-order valence-corrected chi connectivity index (χ4v) is 1.80. The van der Waals surface area contributed by atoms with Crippen LogP contribution < -0.4 is 5.32 Å². The second-order valence-corrected chi connectivity index (χ2v) is 4.81. The van der Waals surface area contributed by atoms with E-state index >= 15 is 0 Å². The summed E-state index contributed by atoms with van der Waals surface area (Å²) in [6.07, 6.45) is 0.288. The maximum atomic E-state index is 11.8. The molecule has 0 aliphatic heterocycles. The third kappa shape index (κ3) is 3.60. The molecular weight excluding hydrogens is 294 g/mol. The lowest BCUT2D eigenvalue weighted by Gasteiger charge is -2.05. The third-order valence-electron chi connectivity index (χ3n) is 2.43. The Morgan fingerprint density at radius 3 is 2.28 bits per heavy atom. The van der Waals surface area contributed by atoms with Crippen molar-refractivity contribution in [1.82, 2.24) is 0 Å². The van der Waals surface area contributed by atoms with E-state index in [-0.39, 0.29) is 18.1 Å². The highest BCUT2D eigenvalue weighted by atomic mass is 79.9. The molecule has 0 saturated heterocycles. The van der Waals surface area contributed by atoms with E-state index in [1.807, 2.05) is 24.3 Å². The molecule has 0 fully saturated rings. The lowest BCUT2D eigenvalue weighted by Crippen LogP contribution is -2.14. The van der Waals surface area contributed by atoms with E-state index in [1.54, 1.807) is 24.3 Å². The summed E-state index contributed by atoms with van der Waals surface area (Å²) in [6.45, 7) is 0. The van der Waals surface area contributed by atoms with E-state index in [4.69, 9.17) is 5.11 Å². The van der Waals surface area contributed by atoms with Crippen LogP contribution in [0.5, 0.6) is 5.75 Å². The number of halogens is 1. The van der Waals surface area contributed by atoms with Gasteiger partial charge in [-0.2, -0.15) is 0 Å². The summed E-state index contributed by atoms with van der Waals surface area (Å²) in [4.78, 5) is 11.8. The number of nitrogens with one attached hydrogen (secondary N) is 1. The highest BCUT2D eigenvalue weighted by Gasteiger charge is 2.04. The zero-order chi connectivity index (χ0) is 13.0. The van der Waals surface area contributed by atoms with Gasteiger partial charge in [-0.3, -0.25) is 4.79 Å². The number of phenols is 1. The number of hydrogen-bond donors (Lipinski definition) is 2. The quantitative estimate of drug-likeness (QED) is 0.914. The van der Waals surface area contributed by atoms with Crippen LogP contribution in [0.2, 0.25) is 0 Å². The highest BCUT2D eigenvalue weighted by Crippen LogP contribution is 2.15. The maximum Gasteiger partial charge on any atom is 0.228 e. The van der Waals surface area contributed by atoms with Gasteiger partial charge in [-0.15, -0.1) is 0 Å². The van der Waals surface area contributed by atoms with Crippen molar-refractivity contribution in [1.29, 1.82) is 0 Å². The summed E-state index contributed by atoms with van der Waals surface area (Å²) in [7, 11) is 0. The molecule has 1 amide bonds. The van der Waals surface area contributed by atoms with Gasteiger partial charge in [0.25, 0.3) is 0 Å². The lowest BCUT2D eigenvalue weighted by molar-refractivity contribution is -0.115. The van der Waals surface area contributed by atoms with Crippen LogP contribution in [0.4, 0.5) is 5.69 Å². The van der Waals surface area contributed by atoms with E-state index in [0.29, 0.717) is 0 Å². The molecule has 2 N–H and O–H groups in total. The summed E-state index contributed by atoms with van der Waals surface area (Å²) in [5.74, 6) is 0.120.